The number of pyridine rings is 1. The van der Waals surface area contributed by atoms with Crippen molar-refractivity contribution in [3.8, 4) is 0 Å². The van der Waals surface area contributed by atoms with Gasteiger partial charge < -0.3 is 4.90 Å². The van der Waals surface area contributed by atoms with Crippen molar-refractivity contribution in [3.63, 3.8) is 0 Å². The molecule has 3 heterocycles. The lowest BCUT2D eigenvalue weighted by atomic mass is 10.1. The fraction of sp³-hybridized carbons (Fsp3) is 0.350. The number of rotatable bonds is 3. The molecule has 0 saturated carbocycles. The number of piperidine rings is 1. The molecule has 0 amide bonds. The average molecular weight is 333 g/mol. The van der Waals surface area contributed by atoms with Crippen molar-refractivity contribution >= 4 is 22.8 Å². The molecule has 0 radical (unpaired) electrons. The highest BCUT2D eigenvalue weighted by Crippen LogP contribution is 2.26. The zero-order valence-corrected chi connectivity index (χ0v) is 14.8. The molecule has 1 aliphatic heterocycles. The molecule has 0 bridgehead atoms. The molecule has 4 rings (SSSR count). The van der Waals surface area contributed by atoms with E-state index in [0.29, 0.717) is 0 Å². The third-order valence-corrected chi connectivity index (χ3v) is 4.76. The van der Waals surface area contributed by atoms with Crippen molar-refractivity contribution in [2.24, 2.45) is 10.2 Å². The summed E-state index contributed by atoms with van der Waals surface area (Å²) in [5, 5.41) is 8.86. The summed E-state index contributed by atoms with van der Waals surface area (Å²) in [6.07, 6.45) is 5.92. The van der Waals surface area contributed by atoms with Crippen LogP contribution >= 0.6 is 0 Å². The summed E-state index contributed by atoms with van der Waals surface area (Å²) in [6, 6.07) is 12.5. The molecular formula is C20H23N5. The predicted octanol–water partition coefficient (Wildman–Crippen LogP) is 5.36. The van der Waals surface area contributed by atoms with Crippen molar-refractivity contribution in [1.82, 2.24) is 9.38 Å². The number of azo groups is 1. The van der Waals surface area contributed by atoms with Gasteiger partial charge in [0.2, 0.25) is 0 Å². The first kappa shape index (κ1) is 15.8. The van der Waals surface area contributed by atoms with E-state index in [4.69, 9.17) is 0 Å². The van der Waals surface area contributed by atoms with Gasteiger partial charge in [-0.15, -0.1) is 10.2 Å². The molecule has 3 aromatic rings. The average Bonchev–Trinajstić information content (AvgIpc) is 2.95. The van der Waals surface area contributed by atoms with Crippen molar-refractivity contribution in [2.45, 2.75) is 33.1 Å². The summed E-state index contributed by atoms with van der Waals surface area (Å²) in [6.45, 7) is 6.34. The van der Waals surface area contributed by atoms with Crippen molar-refractivity contribution in [3.05, 3.63) is 53.9 Å². The molecule has 0 aliphatic carbocycles. The zero-order valence-electron chi connectivity index (χ0n) is 14.8. The number of fused-ring (bicyclic) bond motifs is 1. The maximum Gasteiger partial charge on any atom is 0.182 e. The Bertz CT molecular complexity index is 902. The van der Waals surface area contributed by atoms with E-state index in [-0.39, 0.29) is 0 Å². The Morgan fingerprint density at radius 2 is 1.68 bits per heavy atom. The summed E-state index contributed by atoms with van der Waals surface area (Å²) in [5.74, 6) is 0.787. The molecule has 1 saturated heterocycles. The quantitative estimate of drug-likeness (QED) is 0.606. The molecule has 1 aromatic carbocycles. The standard InChI is InChI=1S/C20H23N5/c1-15-10-13-25-19(14-15)21-16(2)20(25)23-22-17-6-8-18(9-7-17)24-11-4-3-5-12-24/h6-10,13-14H,3-5,11-12H2,1-2H3. The Balaban J connectivity index is 1.56. The molecule has 128 valence electrons. The number of hydrogen-bond acceptors (Lipinski definition) is 4. The fourth-order valence-electron chi connectivity index (χ4n) is 3.36. The lowest BCUT2D eigenvalue weighted by Gasteiger charge is -2.28. The number of hydrogen-bond donors (Lipinski definition) is 0. The highest BCUT2D eigenvalue weighted by Gasteiger charge is 2.11. The second kappa shape index (κ2) is 6.67. The van der Waals surface area contributed by atoms with E-state index in [1.165, 1.54) is 30.5 Å². The first-order valence-electron chi connectivity index (χ1n) is 8.93. The van der Waals surface area contributed by atoms with E-state index >= 15 is 0 Å². The molecule has 2 aromatic heterocycles. The minimum Gasteiger partial charge on any atom is -0.372 e. The monoisotopic (exact) mass is 333 g/mol. The minimum absolute atomic E-state index is 0.787. The van der Waals surface area contributed by atoms with Gasteiger partial charge in [-0.05, 0) is 75.1 Å². The zero-order chi connectivity index (χ0) is 17.2. The Kier molecular flexibility index (Phi) is 4.22. The predicted molar refractivity (Wildman–Crippen MR) is 101 cm³/mol. The van der Waals surface area contributed by atoms with Crippen LogP contribution in [0.2, 0.25) is 0 Å². The molecule has 5 nitrogen and oxygen atoms in total. The lowest BCUT2D eigenvalue weighted by Crippen LogP contribution is -2.29. The Morgan fingerprint density at radius 3 is 2.44 bits per heavy atom. The number of aryl methyl sites for hydroxylation is 2. The Hall–Kier alpha value is -2.69. The van der Waals surface area contributed by atoms with Gasteiger partial charge in [-0.2, -0.15) is 0 Å². The van der Waals surface area contributed by atoms with Crippen LogP contribution in [0.5, 0.6) is 0 Å². The van der Waals surface area contributed by atoms with Gasteiger partial charge in [-0.3, -0.25) is 4.40 Å². The first-order valence-corrected chi connectivity index (χ1v) is 8.93. The van der Waals surface area contributed by atoms with Crippen LogP contribution < -0.4 is 4.90 Å². The molecule has 0 unspecified atom stereocenters. The van der Waals surface area contributed by atoms with Gasteiger partial charge in [0, 0.05) is 25.0 Å². The van der Waals surface area contributed by atoms with Crippen molar-refractivity contribution in [2.75, 3.05) is 18.0 Å². The maximum atomic E-state index is 4.56. The van der Waals surface area contributed by atoms with E-state index in [1.54, 1.807) is 0 Å². The number of anilines is 1. The third kappa shape index (κ3) is 3.27. The minimum atomic E-state index is 0.787. The maximum absolute atomic E-state index is 4.56. The molecule has 25 heavy (non-hydrogen) atoms. The Labute approximate surface area is 148 Å². The molecule has 0 N–H and O–H groups in total. The van der Waals surface area contributed by atoms with Gasteiger partial charge in [-0.25, -0.2) is 4.98 Å². The number of imidazole rings is 1. The van der Waals surface area contributed by atoms with Gasteiger partial charge in [0.1, 0.15) is 5.65 Å². The van der Waals surface area contributed by atoms with Crippen molar-refractivity contribution in [1.29, 1.82) is 0 Å². The van der Waals surface area contributed by atoms with E-state index in [2.05, 4.69) is 51.3 Å². The SMILES string of the molecule is Cc1ccn2c(N=Nc3ccc(N4CCCCC4)cc3)c(C)nc2c1. The summed E-state index contributed by atoms with van der Waals surface area (Å²) >= 11 is 0. The highest BCUT2D eigenvalue weighted by molar-refractivity contribution is 5.55. The van der Waals surface area contributed by atoms with Gasteiger partial charge in [0.05, 0.1) is 11.4 Å². The van der Waals surface area contributed by atoms with E-state index in [9.17, 15) is 0 Å². The smallest absolute Gasteiger partial charge is 0.182 e. The third-order valence-electron chi connectivity index (χ3n) is 4.76. The Morgan fingerprint density at radius 1 is 0.920 bits per heavy atom. The second-order valence-electron chi connectivity index (χ2n) is 6.72. The van der Waals surface area contributed by atoms with Crippen LogP contribution in [-0.2, 0) is 0 Å². The number of benzene rings is 1. The molecule has 5 heteroatoms. The number of nitrogens with zero attached hydrogens (tertiary/aromatic N) is 5. The topological polar surface area (TPSA) is 45.3 Å². The van der Waals surface area contributed by atoms with Crippen LogP contribution in [0.15, 0.2) is 52.8 Å². The van der Waals surface area contributed by atoms with Gasteiger partial charge in [0.15, 0.2) is 5.82 Å². The van der Waals surface area contributed by atoms with Crippen LogP contribution in [0.4, 0.5) is 17.2 Å². The highest BCUT2D eigenvalue weighted by atomic mass is 15.2. The van der Waals surface area contributed by atoms with Gasteiger partial charge >= 0.3 is 0 Å². The lowest BCUT2D eigenvalue weighted by molar-refractivity contribution is 0.578. The van der Waals surface area contributed by atoms with Crippen LogP contribution in [-0.4, -0.2) is 22.5 Å². The van der Waals surface area contributed by atoms with Gasteiger partial charge in [0.25, 0.3) is 0 Å². The van der Waals surface area contributed by atoms with Crippen LogP contribution in [0, 0.1) is 13.8 Å². The van der Waals surface area contributed by atoms with Crippen LogP contribution in [0.3, 0.4) is 0 Å². The summed E-state index contributed by atoms with van der Waals surface area (Å²) in [5.41, 5.74) is 5.13. The second-order valence-corrected chi connectivity index (χ2v) is 6.72. The van der Waals surface area contributed by atoms with Crippen molar-refractivity contribution < 1.29 is 0 Å². The van der Waals surface area contributed by atoms with E-state index in [0.717, 1.165) is 35.9 Å². The first-order chi connectivity index (χ1) is 12.2. The van der Waals surface area contributed by atoms with E-state index in [1.807, 2.05) is 29.7 Å². The fourth-order valence-corrected chi connectivity index (χ4v) is 3.36. The number of aromatic nitrogens is 2. The molecule has 1 fully saturated rings. The van der Waals surface area contributed by atoms with Gasteiger partial charge in [-0.1, -0.05) is 0 Å². The molecule has 0 atom stereocenters. The van der Waals surface area contributed by atoms with Crippen LogP contribution in [0.25, 0.3) is 5.65 Å². The summed E-state index contributed by atoms with van der Waals surface area (Å²) < 4.78 is 1.98. The molecule has 0 spiro atoms. The normalized spacial score (nSPS) is 15.4. The summed E-state index contributed by atoms with van der Waals surface area (Å²) in [4.78, 5) is 7.01. The van der Waals surface area contributed by atoms with E-state index < -0.39 is 0 Å². The molecular weight excluding hydrogens is 310 g/mol. The largest absolute Gasteiger partial charge is 0.372 e. The molecule has 1 aliphatic rings. The summed E-state index contributed by atoms with van der Waals surface area (Å²) in [7, 11) is 0. The van der Waals surface area contributed by atoms with Crippen LogP contribution in [0.1, 0.15) is 30.5 Å².